The van der Waals surface area contributed by atoms with Crippen molar-refractivity contribution in [3.05, 3.63) is 12.0 Å². The number of fused-ring (bicyclic) bond motifs is 1. The molecule has 170 valence electrons. The van der Waals surface area contributed by atoms with Crippen LogP contribution >= 0.6 is 0 Å². The number of nitrogens with zero attached hydrogens (tertiary/aromatic N) is 3. The normalized spacial score (nSPS) is 27.6. The maximum absolute atomic E-state index is 12.5. The molecule has 0 aromatic carbocycles. The van der Waals surface area contributed by atoms with E-state index in [0.717, 1.165) is 0 Å². The van der Waals surface area contributed by atoms with E-state index in [1.54, 1.807) is 6.21 Å². The zero-order valence-electron chi connectivity index (χ0n) is 16.8. The summed E-state index contributed by atoms with van der Waals surface area (Å²) in [6.07, 6.45) is 1.71. The molecular weight excluding hydrogens is 408 g/mol. The average Bonchev–Trinajstić information content (AvgIpc) is 3.29. The average molecular weight is 436 g/mol. The van der Waals surface area contributed by atoms with Crippen molar-refractivity contribution in [3.63, 3.8) is 0 Å². The first-order valence-corrected chi connectivity index (χ1v) is 10.0. The van der Waals surface area contributed by atoms with E-state index in [9.17, 15) is 19.8 Å². The fraction of sp³-hybridized carbons (Fsp3) is 0.611. The second-order valence-electron chi connectivity index (χ2n) is 7.54. The van der Waals surface area contributed by atoms with Gasteiger partial charge in [0, 0.05) is 12.8 Å². The quantitative estimate of drug-likeness (QED) is 0.205. The molecule has 2 aliphatic rings. The lowest BCUT2D eigenvalue weighted by Gasteiger charge is -2.23. The van der Waals surface area contributed by atoms with Crippen molar-refractivity contribution in [2.75, 3.05) is 18.9 Å². The Morgan fingerprint density at radius 2 is 2.06 bits per heavy atom. The SMILES string of the molecule is NC(=O)NCCCC[C@H](N)C(=O)N[C@@H]1[C@H](O)[C@@H](C2C=Nc3c(N)ncnc32)O[C@@H]1CO. The molecule has 3 heterocycles. The third-order valence-corrected chi connectivity index (χ3v) is 5.42. The fourth-order valence-electron chi connectivity index (χ4n) is 3.78. The van der Waals surface area contributed by atoms with Gasteiger partial charge in [0.25, 0.3) is 0 Å². The summed E-state index contributed by atoms with van der Waals surface area (Å²) in [5.74, 6) is -0.754. The second-order valence-corrected chi connectivity index (χ2v) is 7.54. The number of aliphatic hydroxyl groups excluding tert-OH is 2. The zero-order valence-corrected chi connectivity index (χ0v) is 16.8. The molecule has 0 saturated carbocycles. The molecule has 31 heavy (non-hydrogen) atoms. The Bertz CT molecular complexity index is 837. The number of aliphatic hydroxyl groups is 2. The maximum atomic E-state index is 12.5. The molecule has 1 aromatic rings. The van der Waals surface area contributed by atoms with Gasteiger partial charge < -0.3 is 42.8 Å². The third kappa shape index (κ3) is 5.07. The molecule has 0 radical (unpaired) electrons. The van der Waals surface area contributed by atoms with Crippen molar-refractivity contribution < 1.29 is 24.5 Å². The molecule has 13 heteroatoms. The molecular formula is C18H28N8O5. The van der Waals surface area contributed by atoms with Crippen LogP contribution in [0.3, 0.4) is 0 Å². The zero-order chi connectivity index (χ0) is 22.5. The summed E-state index contributed by atoms with van der Waals surface area (Å²) in [6, 6.07) is -2.28. The summed E-state index contributed by atoms with van der Waals surface area (Å²) >= 11 is 0. The molecule has 3 amide bonds. The number of amides is 3. The van der Waals surface area contributed by atoms with Gasteiger partial charge in [0.15, 0.2) is 5.82 Å². The lowest BCUT2D eigenvalue weighted by Crippen LogP contribution is -2.53. The van der Waals surface area contributed by atoms with Crippen LogP contribution in [0, 0.1) is 0 Å². The van der Waals surface area contributed by atoms with Gasteiger partial charge in [-0.1, -0.05) is 0 Å². The van der Waals surface area contributed by atoms with Gasteiger partial charge in [0.2, 0.25) is 5.91 Å². The highest BCUT2D eigenvalue weighted by atomic mass is 16.5. The third-order valence-electron chi connectivity index (χ3n) is 5.42. The van der Waals surface area contributed by atoms with Gasteiger partial charge in [-0.15, -0.1) is 0 Å². The number of nitrogens with two attached hydrogens (primary N) is 3. The van der Waals surface area contributed by atoms with Gasteiger partial charge in [-0.25, -0.2) is 14.8 Å². The summed E-state index contributed by atoms with van der Waals surface area (Å²) in [7, 11) is 0. The van der Waals surface area contributed by atoms with E-state index >= 15 is 0 Å². The number of unbranched alkanes of at least 4 members (excludes halogenated alkanes) is 1. The van der Waals surface area contributed by atoms with Crippen LogP contribution in [0.4, 0.5) is 16.3 Å². The Kier molecular flexibility index (Phi) is 7.33. The van der Waals surface area contributed by atoms with Crippen LogP contribution in [0.25, 0.3) is 0 Å². The molecule has 0 aliphatic carbocycles. The van der Waals surface area contributed by atoms with Crippen molar-refractivity contribution in [2.45, 2.75) is 55.6 Å². The van der Waals surface area contributed by atoms with E-state index in [2.05, 4.69) is 25.6 Å². The Balaban J connectivity index is 1.58. The summed E-state index contributed by atoms with van der Waals surface area (Å²) < 4.78 is 5.83. The largest absolute Gasteiger partial charge is 0.394 e. The number of anilines is 1. The molecule has 10 N–H and O–H groups in total. The molecule has 2 aliphatic heterocycles. The predicted molar refractivity (Wildman–Crippen MR) is 110 cm³/mol. The lowest BCUT2D eigenvalue weighted by molar-refractivity contribution is -0.124. The number of carbonyl (C=O) groups is 2. The molecule has 1 saturated heterocycles. The standard InChI is InChI=1S/C18H28N8O5/c19-9(3-1-2-4-22-18(21)30)17(29)26-12-10(6-27)31-15(14(12)28)8-5-23-13-11(8)24-7-25-16(13)20/h5,7-10,12,14-15,27-28H,1-4,6,19H2,(H,26,29)(H2,20,24,25)(H3,21,22,30)/t8?,9-,10+,12-,14-,15+/m0/s1. The Hall–Kier alpha value is -2.87. The molecule has 0 spiro atoms. The highest BCUT2D eigenvalue weighted by Crippen LogP contribution is 2.40. The minimum absolute atomic E-state index is 0.219. The predicted octanol–water partition coefficient (Wildman–Crippen LogP) is -2.37. The maximum Gasteiger partial charge on any atom is 0.312 e. The summed E-state index contributed by atoms with van der Waals surface area (Å²) in [6.45, 7) is -0.0131. The van der Waals surface area contributed by atoms with Crippen LogP contribution in [0.1, 0.15) is 30.9 Å². The number of aromatic nitrogens is 2. The van der Waals surface area contributed by atoms with Crippen LogP contribution in [0.2, 0.25) is 0 Å². The van der Waals surface area contributed by atoms with E-state index in [4.69, 9.17) is 21.9 Å². The first-order chi connectivity index (χ1) is 14.8. The van der Waals surface area contributed by atoms with Gasteiger partial charge in [-0.2, -0.15) is 0 Å². The monoisotopic (exact) mass is 436 g/mol. The topological polar surface area (TPSA) is 224 Å². The number of aliphatic imine (C=N–C) groups is 1. The van der Waals surface area contributed by atoms with Crippen molar-refractivity contribution in [1.82, 2.24) is 20.6 Å². The number of carbonyl (C=O) groups excluding carboxylic acids is 2. The summed E-state index contributed by atoms with van der Waals surface area (Å²) in [5, 5.41) is 25.7. The molecule has 6 atom stereocenters. The number of hydrogen-bond acceptors (Lipinski definition) is 10. The highest BCUT2D eigenvalue weighted by Gasteiger charge is 2.49. The van der Waals surface area contributed by atoms with Crippen LogP contribution < -0.4 is 27.8 Å². The van der Waals surface area contributed by atoms with Gasteiger partial charge in [-0.3, -0.25) is 9.79 Å². The molecule has 3 rings (SSSR count). The number of ether oxygens (including phenoxy) is 1. The van der Waals surface area contributed by atoms with Gasteiger partial charge in [0.1, 0.15) is 24.2 Å². The smallest absolute Gasteiger partial charge is 0.312 e. The van der Waals surface area contributed by atoms with Crippen molar-refractivity contribution in [3.8, 4) is 0 Å². The van der Waals surface area contributed by atoms with Crippen LogP contribution in [0.5, 0.6) is 0 Å². The number of hydrogen-bond donors (Lipinski definition) is 7. The van der Waals surface area contributed by atoms with E-state index in [0.29, 0.717) is 37.2 Å². The van der Waals surface area contributed by atoms with Gasteiger partial charge >= 0.3 is 6.03 Å². The number of primary amides is 1. The fourth-order valence-corrected chi connectivity index (χ4v) is 3.78. The van der Waals surface area contributed by atoms with Crippen LogP contribution in [-0.2, 0) is 9.53 Å². The molecule has 1 unspecified atom stereocenters. The Morgan fingerprint density at radius 3 is 2.77 bits per heavy atom. The van der Waals surface area contributed by atoms with E-state index in [1.807, 2.05) is 0 Å². The minimum Gasteiger partial charge on any atom is -0.394 e. The van der Waals surface area contributed by atoms with Gasteiger partial charge in [-0.05, 0) is 19.3 Å². The second kappa shape index (κ2) is 9.96. The molecule has 1 fully saturated rings. The van der Waals surface area contributed by atoms with Crippen molar-refractivity contribution in [2.24, 2.45) is 16.5 Å². The van der Waals surface area contributed by atoms with Crippen LogP contribution in [0.15, 0.2) is 11.3 Å². The number of rotatable bonds is 9. The van der Waals surface area contributed by atoms with Crippen molar-refractivity contribution in [1.29, 1.82) is 0 Å². The number of nitrogens with one attached hydrogen (secondary N) is 2. The summed E-state index contributed by atoms with van der Waals surface area (Å²) in [5.41, 5.74) is 17.7. The number of nitrogen functional groups attached to an aromatic ring is 1. The van der Waals surface area contributed by atoms with E-state index in [1.165, 1.54) is 6.33 Å². The molecule has 0 bridgehead atoms. The lowest BCUT2D eigenvalue weighted by atomic mass is 9.93. The van der Waals surface area contributed by atoms with Gasteiger partial charge in [0.05, 0.1) is 36.4 Å². The summed E-state index contributed by atoms with van der Waals surface area (Å²) in [4.78, 5) is 35.5. The van der Waals surface area contributed by atoms with Crippen LogP contribution in [-0.4, -0.2) is 81.9 Å². The Morgan fingerprint density at radius 1 is 1.29 bits per heavy atom. The van der Waals surface area contributed by atoms with Crippen molar-refractivity contribution >= 4 is 29.7 Å². The first-order valence-electron chi connectivity index (χ1n) is 10.0. The molecule has 13 nitrogen and oxygen atoms in total. The van der Waals surface area contributed by atoms with E-state index in [-0.39, 0.29) is 5.82 Å². The first kappa shape index (κ1) is 22.8. The number of urea groups is 1. The highest BCUT2D eigenvalue weighted by molar-refractivity contribution is 5.84. The minimum atomic E-state index is -1.13. The Labute approximate surface area is 178 Å². The van der Waals surface area contributed by atoms with E-state index < -0.39 is 54.9 Å². The molecule has 1 aromatic heterocycles.